The van der Waals surface area contributed by atoms with Crippen LogP contribution in [0.15, 0.2) is 35.5 Å². The molecule has 132 valence electrons. The second-order valence-electron chi connectivity index (χ2n) is 8.04. The van der Waals surface area contributed by atoms with E-state index in [4.69, 9.17) is 4.74 Å². The largest absolute Gasteiger partial charge is 0.372 e. The highest BCUT2D eigenvalue weighted by atomic mass is 16.5. The average molecular weight is 319 g/mol. The predicted octanol–water partition coefficient (Wildman–Crippen LogP) is 7.00. The summed E-state index contributed by atoms with van der Waals surface area (Å²) >= 11 is 0. The monoisotopic (exact) mass is 318 g/mol. The Hall–Kier alpha value is -0.820. The van der Waals surface area contributed by atoms with Crippen LogP contribution in [0.1, 0.15) is 86.5 Å². The van der Waals surface area contributed by atoms with Crippen LogP contribution in [-0.4, -0.2) is 12.2 Å². The van der Waals surface area contributed by atoms with E-state index in [-0.39, 0.29) is 5.60 Å². The molecular formula is C22H38O. The fourth-order valence-corrected chi connectivity index (χ4v) is 3.82. The molecule has 0 N–H and O–H groups in total. The molecule has 1 rings (SSSR count). The van der Waals surface area contributed by atoms with E-state index in [1.54, 1.807) is 11.1 Å². The molecule has 1 nitrogen and oxygen atoms in total. The molecule has 0 aromatic carbocycles. The van der Waals surface area contributed by atoms with Crippen molar-refractivity contribution in [1.82, 2.24) is 0 Å². The van der Waals surface area contributed by atoms with Crippen LogP contribution in [0.25, 0.3) is 0 Å². The standard InChI is InChI=1S/C22H38O/c1-8-22(7,23-9-2)17-10-12-18(3)14-15-20-19(4)13-11-16-21(20,5)6/h8,12H,1,9-11,13-17H2,2-7H3/b18-12+. The number of allylic oxidation sites excluding steroid dienone is 4. The Balaban J connectivity index is 2.53. The molecule has 1 heteroatoms. The minimum absolute atomic E-state index is 0.185. The van der Waals surface area contributed by atoms with Crippen molar-refractivity contribution >= 4 is 0 Å². The molecular weight excluding hydrogens is 280 g/mol. The second-order valence-corrected chi connectivity index (χ2v) is 8.04. The molecule has 0 aromatic heterocycles. The summed E-state index contributed by atoms with van der Waals surface area (Å²) in [6.07, 6.45) is 12.8. The summed E-state index contributed by atoms with van der Waals surface area (Å²) < 4.78 is 5.80. The lowest BCUT2D eigenvalue weighted by molar-refractivity contribution is 0.00841. The van der Waals surface area contributed by atoms with E-state index < -0.39 is 0 Å². The van der Waals surface area contributed by atoms with Gasteiger partial charge in [0.1, 0.15) is 0 Å². The van der Waals surface area contributed by atoms with Gasteiger partial charge in [0, 0.05) is 6.61 Å². The molecule has 1 unspecified atom stereocenters. The van der Waals surface area contributed by atoms with Crippen molar-refractivity contribution in [2.45, 2.75) is 92.1 Å². The molecule has 0 saturated carbocycles. The van der Waals surface area contributed by atoms with Crippen LogP contribution in [0, 0.1) is 5.41 Å². The van der Waals surface area contributed by atoms with Crippen molar-refractivity contribution in [2.24, 2.45) is 5.41 Å². The van der Waals surface area contributed by atoms with E-state index in [0.717, 1.165) is 19.4 Å². The summed E-state index contributed by atoms with van der Waals surface area (Å²) in [7, 11) is 0. The van der Waals surface area contributed by atoms with E-state index in [1.165, 1.54) is 37.7 Å². The summed E-state index contributed by atoms with van der Waals surface area (Å²) in [6.45, 7) is 18.3. The van der Waals surface area contributed by atoms with Gasteiger partial charge < -0.3 is 4.74 Å². The van der Waals surface area contributed by atoms with E-state index in [1.807, 2.05) is 13.0 Å². The van der Waals surface area contributed by atoms with Crippen molar-refractivity contribution in [1.29, 1.82) is 0 Å². The number of hydrogen-bond acceptors (Lipinski definition) is 1. The predicted molar refractivity (Wildman–Crippen MR) is 103 cm³/mol. The van der Waals surface area contributed by atoms with Crippen LogP contribution in [0.5, 0.6) is 0 Å². The molecule has 0 aliphatic heterocycles. The van der Waals surface area contributed by atoms with E-state index in [0.29, 0.717) is 5.41 Å². The molecule has 1 aliphatic carbocycles. The maximum absolute atomic E-state index is 5.80. The second kappa shape index (κ2) is 8.87. The molecule has 0 radical (unpaired) electrons. The van der Waals surface area contributed by atoms with Gasteiger partial charge >= 0.3 is 0 Å². The van der Waals surface area contributed by atoms with Gasteiger partial charge in [-0.15, -0.1) is 6.58 Å². The Kier molecular flexibility index (Phi) is 7.80. The molecule has 0 saturated heterocycles. The molecule has 0 fully saturated rings. The van der Waals surface area contributed by atoms with Crippen molar-refractivity contribution in [3.63, 3.8) is 0 Å². The first kappa shape index (κ1) is 20.2. The first-order chi connectivity index (χ1) is 10.7. The summed E-state index contributed by atoms with van der Waals surface area (Å²) in [5, 5.41) is 0. The fraction of sp³-hybridized carbons (Fsp3) is 0.727. The van der Waals surface area contributed by atoms with Crippen LogP contribution in [0.3, 0.4) is 0 Å². The van der Waals surface area contributed by atoms with Crippen LogP contribution >= 0.6 is 0 Å². The van der Waals surface area contributed by atoms with E-state index in [2.05, 4.69) is 47.3 Å². The first-order valence-electron chi connectivity index (χ1n) is 9.36. The van der Waals surface area contributed by atoms with Gasteiger partial charge in [-0.2, -0.15) is 0 Å². The summed E-state index contributed by atoms with van der Waals surface area (Å²) in [4.78, 5) is 0. The molecule has 23 heavy (non-hydrogen) atoms. The van der Waals surface area contributed by atoms with E-state index in [9.17, 15) is 0 Å². The van der Waals surface area contributed by atoms with Crippen LogP contribution in [0.2, 0.25) is 0 Å². The zero-order chi connectivity index (χ0) is 17.5. The Labute approximate surface area is 144 Å². The van der Waals surface area contributed by atoms with Crippen LogP contribution < -0.4 is 0 Å². The van der Waals surface area contributed by atoms with Gasteiger partial charge in [0.05, 0.1) is 5.60 Å². The average Bonchev–Trinajstić information content (AvgIpc) is 2.46. The van der Waals surface area contributed by atoms with Crippen molar-refractivity contribution < 1.29 is 4.74 Å². The van der Waals surface area contributed by atoms with Gasteiger partial charge in [0.2, 0.25) is 0 Å². The zero-order valence-electron chi connectivity index (χ0n) is 16.4. The van der Waals surface area contributed by atoms with Crippen molar-refractivity contribution in [2.75, 3.05) is 6.61 Å². The number of ether oxygens (including phenoxy) is 1. The summed E-state index contributed by atoms with van der Waals surface area (Å²) in [5.74, 6) is 0. The SMILES string of the molecule is C=CC(C)(CC/C=C(\C)CCC1=C(C)CCCC1(C)C)OCC. The molecule has 1 atom stereocenters. The highest BCUT2D eigenvalue weighted by Gasteiger charge is 2.27. The smallest absolute Gasteiger partial charge is 0.0834 e. The number of hydrogen-bond donors (Lipinski definition) is 0. The first-order valence-corrected chi connectivity index (χ1v) is 9.36. The van der Waals surface area contributed by atoms with Gasteiger partial charge in [0.25, 0.3) is 0 Å². The minimum atomic E-state index is -0.185. The highest BCUT2D eigenvalue weighted by molar-refractivity contribution is 5.23. The molecule has 0 spiro atoms. The molecule has 0 bridgehead atoms. The molecule has 1 aliphatic rings. The van der Waals surface area contributed by atoms with Crippen LogP contribution in [-0.2, 0) is 4.74 Å². The zero-order valence-corrected chi connectivity index (χ0v) is 16.4. The topological polar surface area (TPSA) is 9.23 Å². The fourth-order valence-electron chi connectivity index (χ4n) is 3.82. The Morgan fingerprint density at radius 2 is 2.09 bits per heavy atom. The lowest BCUT2D eigenvalue weighted by Gasteiger charge is -2.35. The van der Waals surface area contributed by atoms with Gasteiger partial charge in [-0.25, -0.2) is 0 Å². The van der Waals surface area contributed by atoms with Gasteiger partial charge in [0.15, 0.2) is 0 Å². The lowest BCUT2D eigenvalue weighted by Crippen LogP contribution is -2.25. The normalized spacial score (nSPS) is 21.2. The van der Waals surface area contributed by atoms with Crippen molar-refractivity contribution in [3.8, 4) is 0 Å². The summed E-state index contributed by atoms with van der Waals surface area (Å²) in [6, 6.07) is 0. The third kappa shape index (κ3) is 6.30. The third-order valence-corrected chi connectivity index (χ3v) is 5.49. The maximum Gasteiger partial charge on any atom is 0.0834 e. The third-order valence-electron chi connectivity index (χ3n) is 5.49. The minimum Gasteiger partial charge on any atom is -0.372 e. The maximum atomic E-state index is 5.80. The Morgan fingerprint density at radius 3 is 2.65 bits per heavy atom. The van der Waals surface area contributed by atoms with Crippen LogP contribution in [0.4, 0.5) is 0 Å². The quantitative estimate of drug-likeness (QED) is 0.416. The van der Waals surface area contributed by atoms with Crippen molar-refractivity contribution in [3.05, 3.63) is 35.5 Å². The number of rotatable bonds is 9. The van der Waals surface area contributed by atoms with Gasteiger partial charge in [-0.3, -0.25) is 0 Å². The highest BCUT2D eigenvalue weighted by Crippen LogP contribution is 2.42. The Morgan fingerprint density at radius 1 is 1.39 bits per heavy atom. The summed E-state index contributed by atoms with van der Waals surface area (Å²) in [5.41, 5.74) is 5.08. The molecule has 0 heterocycles. The lowest BCUT2D eigenvalue weighted by atomic mass is 9.71. The van der Waals surface area contributed by atoms with E-state index >= 15 is 0 Å². The van der Waals surface area contributed by atoms with Gasteiger partial charge in [-0.05, 0) is 78.1 Å². The Bertz CT molecular complexity index is 453. The molecule has 0 amide bonds. The van der Waals surface area contributed by atoms with Gasteiger partial charge in [-0.1, -0.05) is 42.7 Å². The molecule has 0 aromatic rings.